The Labute approximate surface area is 118 Å². The summed E-state index contributed by atoms with van der Waals surface area (Å²) in [5, 5.41) is 4.56. The van der Waals surface area contributed by atoms with E-state index in [1.807, 2.05) is 29.8 Å². The third-order valence-electron chi connectivity index (χ3n) is 2.39. The molecular formula is C11H10BrCl2N3. The first-order valence-corrected chi connectivity index (χ1v) is 6.48. The number of anilines is 1. The lowest BCUT2D eigenvalue weighted by Crippen LogP contribution is -2.06. The van der Waals surface area contributed by atoms with E-state index in [1.165, 1.54) is 0 Å². The number of nitrogens with one attached hydrogen (secondary N) is 1. The summed E-state index contributed by atoms with van der Waals surface area (Å²) < 4.78 is 2.79. The molecule has 1 aromatic heterocycles. The van der Waals surface area contributed by atoms with Gasteiger partial charge in [-0.05, 0) is 34.1 Å². The van der Waals surface area contributed by atoms with Crippen molar-refractivity contribution in [2.24, 2.45) is 7.05 Å². The summed E-state index contributed by atoms with van der Waals surface area (Å²) in [4.78, 5) is 4.20. The number of halogens is 3. The number of rotatable bonds is 3. The molecule has 17 heavy (non-hydrogen) atoms. The monoisotopic (exact) mass is 333 g/mol. The first-order valence-electron chi connectivity index (χ1n) is 4.93. The lowest BCUT2D eigenvalue weighted by atomic mass is 10.3. The SMILES string of the molecule is Cn1c(Cl)cnc1CNc1cc(Cl)ccc1Br. The van der Waals surface area contributed by atoms with Crippen LogP contribution < -0.4 is 5.32 Å². The highest BCUT2D eigenvalue weighted by atomic mass is 79.9. The maximum atomic E-state index is 5.93. The Hall–Kier alpha value is -0.710. The third-order valence-corrected chi connectivity index (χ3v) is 3.67. The van der Waals surface area contributed by atoms with E-state index in [0.717, 1.165) is 16.0 Å². The fraction of sp³-hybridized carbons (Fsp3) is 0.182. The first-order chi connectivity index (χ1) is 8.08. The molecule has 0 aliphatic rings. The Morgan fingerprint density at radius 1 is 1.41 bits per heavy atom. The topological polar surface area (TPSA) is 29.9 Å². The summed E-state index contributed by atoms with van der Waals surface area (Å²) in [5.41, 5.74) is 0.927. The van der Waals surface area contributed by atoms with Gasteiger partial charge in [-0.15, -0.1) is 0 Å². The largest absolute Gasteiger partial charge is 0.377 e. The molecule has 3 nitrogen and oxygen atoms in total. The van der Waals surface area contributed by atoms with Gasteiger partial charge in [0.15, 0.2) is 0 Å². The van der Waals surface area contributed by atoms with Crippen molar-refractivity contribution >= 4 is 44.8 Å². The van der Waals surface area contributed by atoms with Crippen LogP contribution in [0.5, 0.6) is 0 Å². The molecule has 0 atom stereocenters. The quantitative estimate of drug-likeness (QED) is 0.915. The van der Waals surface area contributed by atoms with Crippen molar-refractivity contribution in [3.63, 3.8) is 0 Å². The minimum absolute atomic E-state index is 0.585. The van der Waals surface area contributed by atoms with E-state index >= 15 is 0 Å². The average molecular weight is 335 g/mol. The molecule has 0 radical (unpaired) electrons. The average Bonchev–Trinajstić information content (AvgIpc) is 2.62. The van der Waals surface area contributed by atoms with Crippen LogP contribution in [0.25, 0.3) is 0 Å². The molecule has 0 bridgehead atoms. The van der Waals surface area contributed by atoms with E-state index < -0.39 is 0 Å². The van der Waals surface area contributed by atoms with E-state index in [1.54, 1.807) is 6.20 Å². The van der Waals surface area contributed by atoms with Gasteiger partial charge in [-0.25, -0.2) is 4.98 Å². The van der Waals surface area contributed by atoms with Gasteiger partial charge >= 0.3 is 0 Å². The van der Waals surface area contributed by atoms with Crippen molar-refractivity contribution in [3.05, 3.63) is 44.9 Å². The molecular weight excluding hydrogens is 325 g/mol. The number of hydrogen-bond donors (Lipinski definition) is 1. The Morgan fingerprint density at radius 2 is 2.18 bits per heavy atom. The van der Waals surface area contributed by atoms with Crippen molar-refractivity contribution in [1.29, 1.82) is 0 Å². The van der Waals surface area contributed by atoms with Crippen LogP contribution in [0, 0.1) is 0 Å². The van der Waals surface area contributed by atoms with Gasteiger partial charge in [-0.2, -0.15) is 0 Å². The highest BCUT2D eigenvalue weighted by Gasteiger charge is 2.05. The van der Waals surface area contributed by atoms with E-state index in [2.05, 4.69) is 26.2 Å². The normalized spacial score (nSPS) is 10.6. The fourth-order valence-corrected chi connectivity index (χ4v) is 2.10. The highest BCUT2D eigenvalue weighted by Crippen LogP contribution is 2.26. The molecule has 0 unspecified atom stereocenters. The number of aromatic nitrogens is 2. The van der Waals surface area contributed by atoms with Crippen LogP contribution in [0.4, 0.5) is 5.69 Å². The maximum Gasteiger partial charge on any atom is 0.128 e. The molecule has 0 saturated carbocycles. The molecule has 0 saturated heterocycles. The van der Waals surface area contributed by atoms with Gasteiger partial charge in [0.25, 0.3) is 0 Å². The van der Waals surface area contributed by atoms with Crippen molar-refractivity contribution < 1.29 is 0 Å². The van der Waals surface area contributed by atoms with Crippen molar-refractivity contribution in [3.8, 4) is 0 Å². The van der Waals surface area contributed by atoms with Crippen molar-refractivity contribution in [2.75, 3.05) is 5.32 Å². The lowest BCUT2D eigenvalue weighted by Gasteiger charge is -2.09. The summed E-state index contributed by atoms with van der Waals surface area (Å²) in [6.07, 6.45) is 1.63. The molecule has 0 amide bonds. The first kappa shape index (κ1) is 12.7. The van der Waals surface area contributed by atoms with Gasteiger partial charge < -0.3 is 9.88 Å². The molecule has 0 aliphatic carbocycles. The van der Waals surface area contributed by atoms with Crippen LogP contribution in [0.2, 0.25) is 10.2 Å². The zero-order valence-electron chi connectivity index (χ0n) is 9.04. The molecule has 2 aromatic rings. The van der Waals surface area contributed by atoms with Gasteiger partial charge in [0.2, 0.25) is 0 Å². The van der Waals surface area contributed by atoms with E-state index in [-0.39, 0.29) is 0 Å². The highest BCUT2D eigenvalue weighted by molar-refractivity contribution is 9.10. The van der Waals surface area contributed by atoms with Crippen molar-refractivity contribution in [2.45, 2.75) is 6.54 Å². The molecule has 0 fully saturated rings. The number of nitrogens with zero attached hydrogens (tertiary/aromatic N) is 2. The molecule has 90 valence electrons. The molecule has 1 heterocycles. The predicted octanol–water partition coefficient (Wildman–Crippen LogP) is 4.10. The predicted molar refractivity (Wildman–Crippen MR) is 74.7 cm³/mol. The Bertz CT molecular complexity index is 540. The Morgan fingerprint density at radius 3 is 2.82 bits per heavy atom. The van der Waals surface area contributed by atoms with Crippen LogP contribution in [0.1, 0.15) is 5.82 Å². The Balaban J connectivity index is 2.12. The zero-order valence-corrected chi connectivity index (χ0v) is 12.1. The molecule has 1 aromatic carbocycles. The molecule has 1 N–H and O–H groups in total. The minimum Gasteiger partial charge on any atom is -0.377 e. The zero-order chi connectivity index (χ0) is 12.4. The Kier molecular flexibility index (Phi) is 3.97. The van der Waals surface area contributed by atoms with E-state index in [4.69, 9.17) is 23.2 Å². The molecule has 6 heteroatoms. The van der Waals surface area contributed by atoms with Crippen LogP contribution in [-0.4, -0.2) is 9.55 Å². The number of hydrogen-bond acceptors (Lipinski definition) is 2. The second-order valence-electron chi connectivity index (χ2n) is 3.53. The van der Waals surface area contributed by atoms with Crippen LogP contribution >= 0.6 is 39.1 Å². The van der Waals surface area contributed by atoms with Gasteiger partial charge in [0.1, 0.15) is 11.0 Å². The summed E-state index contributed by atoms with van der Waals surface area (Å²) in [6.45, 7) is 0.585. The second kappa shape index (κ2) is 5.29. The summed E-state index contributed by atoms with van der Waals surface area (Å²) in [6, 6.07) is 5.58. The fourth-order valence-electron chi connectivity index (χ4n) is 1.40. The molecule has 0 aliphatic heterocycles. The minimum atomic E-state index is 0.585. The van der Waals surface area contributed by atoms with Gasteiger partial charge in [0, 0.05) is 16.5 Å². The lowest BCUT2D eigenvalue weighted by molar-refractivity contribution is 0.813. The van der Waals surface area contributed by atoms with Crippen LogP contribution in [-0.2, 0) is 13.6 Å². The van der Waals surface area contributed by atoms with Gasteiger partial charge in [0.05, 0.1) is 18.4 Å². The van der Waals surface area contributed by atoms with Crippen molar-refractivity contribution in [1.82, 2.24) is 9.55 Å². The van der Waals surface area contributed by atoms with E-state index in [9.17, 15) is 0 Å². The van der Waals surface area contributed by atoms with Crippen LogP contribution in [0.15, 0.2) is 28.9 Å². The summed E-state index contributed by atoms with van der Waals surface area (Å²) >= 11 is 15.3. The van der Waals surface area contributed by atoms with Crippen LogP contribution in [0.3, 0.4) is 0 Å². The molecule has 2 rings (SSSR count). The third kappa shape index (κ3) is 2.94. The summed E-state index contributed by atoms with van der Waals surface area (Å²) in [7, 11) is 1.87. The summed E-state index contributed by atoms with van der Waals surface area (Å²) in [5.74, 6) is 0.863. The standard InChI is InChI=1S/C11H10BrCl2N3/c1-17-10(14)5-16-11(17)6-15-9-4-7(13)2-3-8(9)12/h2-5,15H,6H2,1H3. The van der Waals surface area contributed by atoms with Gasteiger partial charge in [-0.1, -0.05) is 23.2 Å². The number of benzene rings is 1. The molecule has 0 spiro atoms. The van der Waals surface area contributed by atoms with E-state index in [0.29, 0.717) is 16.7 Å². The maximum absolute atomic E-state index is 5.93. The number of imidazole rings is 1. The second-order valence-corrected chi connectivity index (χ2v) is 5.21. The smallest absolute Gasteiger partial charge is 0.128 e. The van der Waals surface area contributed by atoms with Gasteiger partial charge in [-0.3, -0.25) is 0 Å².